The molecule has 3 rings (SSSR count). The number of aryl methyl sites for hydroxylation is 1. The van der Waals surface area contributed by atoms with Crippen molar-refractivity contribution in [3.8, 4) is 11.1 Å². The van der Waals surface area contributed by atoms with Crippen LogP contribution in [-0.2, 0) is 7.02 Å². The molecule has 3 aromatic rings. The Morgan fingerprint density at radius 3 is 2.48 bits per heavy atom. The van der Waals surface area contributed by atoms with Crippen molar-refractivity contribution in [1.82, 2.24) is 9.78 Å². The fraction of sp³-hybridized carbons (Fsp3) is 0.111. The van der Waals surface area contributed by atoms with Crippen molar-refractivity contribution in [2.75, 3.05) is 5.32 Å². The zero-order chi connectivity index (χ0) is 20.4. The Balaban J connectivity index is 1.99. The molecule has 0 unspecified atom stereocenters. The van der Waals surface area contributed by atoms with Crippen LogP contribution in [-0.4, -0.2) is 15.7 Å². The van der Waals surface area contributed by atoms with E-state index in [1.807, 2.05) is 0 Å². The van der Waals surface area contributed by atoms with Gasteiger partial charge in [-0.2, -0.15) is 5.10 Å². The fourth-order valence-electron chi connectivity index (χ4n) is 2.52. The minimum Gasteiger partial charge on any atom is -0.321 e. The summed E-state index contributed by atoms with van der Waals surface area (Å²) >= 11 is 0. The molecule has 9 heteroatoms. The van der Waals surface area contributed by atoms with Gasteiger partial charge in [0.25, 0.3) is 12.3 Å². The van der Waals surface area contributed by atoms with E-state index < -0.39 is 48.1 Å². The smallest absolute Gasteiger partial charge is 0.282 e. The van der Waals surface area contributed by atoms with E-state index in [1.54, 1.807) is 0 Å². The van der Waals surface area contributed by atoms with Crippen molar-refractivity contribution in [3.63, 3.8) is 0 Å². The summed E-state index contributed by atoms with van der Waals surface area (Å²) in [5.74, 6) is -5.39. The molecule has 1 N–H and O–H groups in total. The van der Waals surface area contributed by atoms with Gasteiger partial charge >= 0.3 is 0 Å². The topological polar surface area (TPSA) is 46.9 Å². The van der Waals surface area contributed by atoms with Crippen molar-refractivity contribution < 1.29 is 28.1 Å². The second-order valence-electron chi connectivity index (χ2n) is 5.52. The Labute approximate surface area is 151 Å². The van der Waals surface area contributed by atoms with E-state index in [4.69, 9.17) is 1.37 Å². The van der Waals surface area contributed by atoms with E-state index in [-0.39, 0.29) is 16.8 Å². The van der Waals surface area contributed by atoms with Crippen molar-refractivity contribution in [3.05, 3.63) is 71.3 Å². The summed E-state index contributed by atoms with van der Waals surface area (Å²) < 4.78 is 74.6. The standard InChI is InChI=1S/C18H12F5N3O/c1-26-8-11(16(25-26)17(22)23)18(27)24-14-5-3-2-4-10(14)9-6-12(19)15(21)13(20)7-9/h2-8,17H,1H3,(H,24,27)/i1D. The molecule has 0 atom stereocenters. The lowest BCUT2D eigenvalue weighted by Crippen LogP contribution is -2.14. The van der Waals surface area contributed by atoms with E-state index in [9.17, 15) is 26.7 Å². The predicted molar refractivity (Wildman–Crippen MR) is 87.9 cm³/mol. The van der Waals surface area contributed by atoms with E-state index in [2.05, 4.69) is 10.4 Å². The number of aromatic nitrogens is 2. The Morgan fingerprint density at radius 2 is 1.85 bits per heavy atom. The molecular formula is C18H12F5N3O. The molecule has 0 aliphatic heterocycles. The number of benzene rings is 2. The first kappa shape index (κ1) is 17.2. The first-order valence-electron chi connectivity index (χ1n) is 8.22. The molecule has 0 bridgehead atoms. The van der Waals surface area contributed by atoms with Gasteiger partial charge in [0.1, 0.15) is 5.69 Å². The molecule has 0 aliphatic carbocycles. The van der Waals surface area contributed by atoms with Gasteiger partial charge in [0, 0.05) is 25.8 Å². The Morgan fingerprint density at radius 1 is 1.19 bits per heavy atom. The van der Waals surface area contributed by atoms with E-state index in [0.717, 1.165) is 23.0 Å². The largest absolute Gasteiger partial charge is 0.321 e. The minimum atomic E-state index is -3.04. The second kappa shape index (κ2) is 7.18. The SMILES string of the molecule is [2H]Cn1cc(C(=O)Nc2ccccc2-c2cc(F)c(F)c(F)c2)c(C(F)F)n1. The van der Waals surface area contributed by atoms with Crippen LogP contribution < -0.4 is 5.32 Å². The summed E-state index contributed by atoms with van der Waals surface area (Å²) in [5, 5.41) is 5.87. The maximum atomic E-state index is 13.6. The van der Waals surface area contributed by atoms with Gasteiger partial charge in [0.05, 0.1) is 5.56 Å². The highest BCUT2D eigenvalue weighted by molar-refractivity contribution is 6.06. The Kier molecular flexibility index (Phi) is 4.57. The van der Waals surface area contributed by atoms with Crippen LogP contribution in [0.5, 0.6) is 0 Å². The van der Waals surface area contributed by atoms with Crippen molar-refractivity contribution in [1.29, 1.82) is 0 Å². The lowest BCUT2D eigenvalue weighted by Gasteiger charge is -2.12. The first-order chi connectivity index (χ1) is 13.3. The minimum absolute atomic E-state index is 0.0526. The lowest BCUT2D eigenvalue weighted by molar-refractivity contribution is 0.101. The number of alkyl halides is 2. The lowest BCUT2D eigenvalue weighted by atomic mass is 10.0. The maximum absolute atomic E-state index is 13.6. The number of nitrogens with one attached hydrogen (secondary N) is 1. The number of hydrogen-bond donors (Lipinski definition) is 1. The molecule has 0 saturated carbocycles. The Hall–Kier alpha value is -3.23. The molecule has 1 aromatic heterocycles. The highest BCUT2D eigenvalue weighted by atomic mass is 19.3. The van der Waals surface area contributed by atoms with Crippen LogP contribution in [0.15, 0.2) is 42.6 Å². The summed E-state index contributed by atoms with van der Waals surface area (Å²) in [6.07, 6.45) is -2.03. The Bertz CT molecular complexity index is 1010. The number of anilines is 1. The van der Waals surface area contributed by atoms with Gasteiger partial charge < -0.3 is 5.32 Å². The summed E-state index contributed by atoms with van der Waals surface area (Å²) in [5.41, 5.74) is -1.06. The van der Waals surface area contributed by atoms with Crippen LogP contribution in [0.25, 0.3) is 11.1 Å². The van der Waals surface area contributed by atoms with Gasteiger partial charge in [-0.1, -0.05) is 18.2 Å². The van der Waals surface area contributed by atoms with E-state index >= 15 is 0 Å². The fourth-order valence-corrected chi connectivity index (χ4v) is 2.52. The average molecular weight is 382 g/mol. The van der Waals surface area contributed by atoms with Gasteiger partial charge in [-0.25, -0.2) is 22.0 Å². The average Bonchev–Trinajstić information content (AvgIpc) is 3.11. The van der Waals surface area contributed by atoms with E-state index in [0.29, 0.717) is 0 Å². The molecule has 0 spiro atoms. The maximum Gasteiger partial charge on any atom is 0.282 e. The first-order valence-corrected chi connectivity index (χ1v) is 7.51. The third-order valence-electron chi connectivity index (χ3n) is 3.71. The predicted octanol–water partition coefficient (Wildman–Crippen LogP) is 4.69. The number of rotatable bonds is 4. The molecule has 4 nitrogen and oxygen atoms in total. The van der Waals surface area contributed by atoms with Crippen LogP contribution in [0, 0.1) is 17.5 Å². The van der Waals surface area contributed by atoms with Crippen molar-refractivity contribution in [2.24, 2.45) is 7.02 Å². The van der Waals surface area contributed by atoms with Crippen LogP contribution in [0.2, 0.25) is 0 Å². The van der Waals surface area contributed by atoms with Crippen molar-refractivity contribution in [2.45, 2.75) is 6.43 Å². The summed E-state index contributed by atoms with van der Waals surface area (Å²) in [7, 11) is -0.461. The van der Waals surface area contributed by atoms with Gasteiger partial charge in [-0.15, -0.1) is 0 Å². The number of carbonyl (C=O) groups excluding carboxylic acids is 1. The molecule has 1 amide bonds. The molecule has 27 heavy (non-hydrogen) atoms. The van der Waals surface area contributed by atoms with Crippen LogP contribution in [0.4, 0.5) is 27.6 Å². The molecular weight excluding hydrogens is 369 g/mol. The van der Waals surface area contributed by atoms with Crippen LogP contribution in [0.3, 0.4) is 0 Å². The third kappa shape index (κ3) is 3.67. The zero-order valence-corrected chi connectivity index (χ0v) is 13.5. The summed E-state index contributed by atoms with van der Waals surface area (Å²) in [6, 6.07) is 7.36. The molecule has 0 aliphatic rings. The molecule has 0 fully saturated rings. The molecule has 0 radical (unpaired) electrons. The number of nitrogens with zero attached hydrogens (tertiary/aromatic N) is 2. The van der Waals surface area contributed by atoms with Crippen LogP contribution >= 0.6 is 0 Å². The third-order valence-corrected chi connectivity index (χ3v) is 3.71. The number of carbonyl (C=O) groups is 1. The highest BCUT2D eigenvalue weighted by Gasteiger charge is 2.23. The molecule has 1 heterocycles. The van der Waals surface area contributed by atoms with Gasteiger partial charge in [0.15, 0.2) is 17.5 Å². The second-order valence-corrected chi connectivity index (χ2v) is 5.52. The van der Waals surface area contributed by atoms with Gasteiger partial charge in [-0.05, 0) is 23.8 Å². The zero-order valence-electron chi connectivity index (χ0n) is 14.5. The molecule has 2 aromatic carbocycles. The van der Waals surface area contributed by atoms with Crippen molar-refractivity contribution >= 4 is 11.6 Å². The van der Waals surface area contributed by atoms with Gasteiger partial charge in [-0.3, -0.25) is 9.48 Å². The normalized spacial score (nSPS) is 11.6. The molecule has 0 saturated heterocycles. The highest BCUT2D eigenvalue weighted by Crippen LogP contribution is 2.31. The summed E-state index contributed by atoms with van der Waals surface area (Å²) in [6.45, 7) is 0. The number of hydrogen-bond acceptors (Lipinski definition) is 2. The summed E-state index contributed by atoms with van der Waals surface area (Å²) in [4.78, 5) is 12.5. The quantitative estimate of drug-likeness (QED) is 0.526. The van der Waals surface area contributed by atoms with Crippen LogP contribution in [0.1, 0.15) is 23.8 Å². The monoisotopic (exact) mass is 382 g/mol. The van der Waals surface area contributed by atoms with Gasteiger partial charge in [0.2, 0.25) is 0 Å². The number of halogens is 5. The number of para-hydroxylation sites is 1. The number of amides is 1. The molecule has 140 valence electrons. The van der Waals surface area contributed by atoms with E-state index in [1.165, 1.54) is 24.3 Å².